The van der Waals surface area contributed by atoms with Crippen LogP contribution < -0.4 is 4.74 Å². The molecule has 0 spiro atoms. The molecule has 3 rings (SSSR count). The average Bonchev–Trinajstić information content (AvgIpc) is 2.38. The molecule has 2 fully saturated rings. The van der Waals surface area contributed by atoms with Crippen molar-refractivity contribution in [1.82, 2.24) is 4.98 Å². The van der Waals surface area contributed by atoms with E-state index in [1.807, 2.05) is 13.0 Å². The van der Waals surface area contributed by atoms with Gasteiger partial charge in [0, 0.05) is 27.8 Å². The first kappa shape index (κ1) is 13.3. The van der Waals surface area contributed by atoms with Gasteiger partial charge in [0.2, 0.25) is 5.88 Å². The van der Waals surface area contributed by atoms with Crippen LogP contribution in [0.3, 0.4) is 0 Å². The summed E-state index contributed by atoms with van der Waals surface area (Å²) in [6.45, 7) is 1.98. The lowest BCUT2D eigenvalue weighted by atomic mass is 9.81. The molecule has 1 N–H and O–H groups in total. The Labute approximate surface area is 118 Å². The number of rotatable bonds is 2. The summed E-state index contributed by atoms with van der Waals surface area (Å²) in [4.78, 5) is 4.32. The number of aryl methyl sites for hydroxylation is 1. The van der Waals surface area contributed by atoms with Crippen LogP contribution in [0.2, 0.25) is 0 Å². The molecule has 104 valence electrons. The molecule has 3 heterocycles. The molecular weight excluding hydrogens is 258 g/mol. The largest absolute Gasteiger partial charge is 0.481 e. The second-order valence-corrected chi connectivity index (χ2v) is 7.41. The van der Waals surface area contributed by atoms with Crippen LogP contribution in [0.5, 0.6) is 5.88 Å². The number of aliphatic hydroxyl groups is 1. The highest BCUT2D eigenvalue weighted by Gasteiger charge is 2.42. The number of aromatic nitrogens is 1. The van der Waals surface area contributed by atoms with E-state index in [1.165, 1.54) is 19.3 Å². The van der Waals surface area contributed by atoms with Gasteiger partial charge in [-0.05, 0) is 38.7 Å². The first-order chi connectivity index (χ1) is 9.10. The minimum atomic E-state index is -0.689. The van der Waals surface area contributed by atoms with Crippen molar-refractivity contribution in [2.24, 2.45) is 0 Å². The molecule has 2 unspecified atom stereocenters. The number of hydrogen-bond acceptors (Lipinski definition) is 4. The lowest BCUT2D eigenvalue weighted by Crippen LogP contribution is -2.40. The second-order valence-electron chi connectivity index (χ2n) is 5.80. The molecule has 2 aliphatic heterocycles. The molecule has 1 aromatic rings. The van der Waals surface area contributed by atoms with Crippen molar-refractivity contribution >= 4 is 11.8 Å². The molecule has 3 nitrogen and oxygen atoms in total. The van der Waals surface area contributed by atoms with Crippen molar-refractivity contribution in [3.05, 3.63) is 23.4 Å². The highest BCUT2D eigenvalue weighted by molar-refractivity contribution is 8.00. The summed E-state index contributed by atoms with van der Waals surface area (Å²) in [5.41, 5.74) is 1.27. The van der Waals surface area contributed by atoms with Crippen molar-refractivity contribution in [3.8, 4) is 5.88 Å². The second kappa shape index (κ2) is 4.98. The van der Waals surface area contributed by atoms with Gasteiger partial charge in [-0.1, -0.05) is 6.42 Å². The van der Waals surface area contributed by atoms with E-state index in [1.54, 1.807) is 13.3 Å². The van der Waals surface area contributed by atoms with Crippen LogP contribution in [0.15, 0.2) is 12.3 Å². The van der Waals surface area contributed by atoms with Gasteiger partial charge in [0.15, 0.2) is 0 Å². The SMILES string of the molecule is COc1ncc(C2(O)CC3CCCC(C2)S3)cc1C. The molecule has 4 heteroatoms. The zero-order valence-corrected chi connectivity index (χ0v) is 12.4. The van der Waals surface area contributed by atoms with E-state index < -0.39 is 5.60 Å². The molecule has 2 bridgehead atoms. The van der Waals surface area contributed by atoms with E-state index in [0.29, 0.717) is 16.4 Å². The Bertz CT molecular complexity index is 465. The topological polar surface area (TPSA) is 42.4 Å². The maximum Gasteiger partial charge on any atom is 0.215 e. The number of fused-ring (bicyclic) bond motifs is 2. The van der Waals surface area contributed by atoms with E-state index in [0.717, 1.165) is 24.0 Å². The predicted molar refractivity (Wildman–Crippen MR) is 77.7 cm³/mol. The van der Waals surface area contributed by atoms with Crippen molar-refractivity contribution in [3.63, 3.8) is 0 Å². The van der Waals surface area contributed by atoms with E-state index >= 15 is 0 Å². The van der Waals surface area contributed by atoms with Crippen molar-refractivity contribution in [1.29, 1.82) is 0 Å². The zero-order chi connectivity index (χ0) is 13.5. The third-order valence-electron chi connectivity index (χ3n) is 4.33. The van der Waals surface area contributed by atoms with Crippen LogP contribution in [0.1, 0.15) is 43.2 Å². The normalized spacial score (nSPS) is 34.1. The van der Waals surface area contributed by atoms with Crippen molar-refractivity contribution in [2.75, 3.05) is 7.11 Å². The Morgan fingerprint density at radius 3 is 2.63 bits per heavy atom. The number of nitrogens with zero attached hydrogens (tertiary/aromatic N) is 1. The van der Waals surface area contributed by atoms with Crippen LogP contribution in [0.25, 0.3) is 0 Å². The lowest BCUT2D eigenvalue weighted by molar-refractivity contribution is 0.00770. The number of ether oxygens (including phenoxy) is 1. The van der Waals surface area contributed by atoms with Gasteiger partial charge in [0.25, 0.3) is 0 Å². The van der Waals surface area contributed by atoms with Gasteiger partial charge >= 0.3 is 0 Å². The standard InChI is InChI=1S/C15H21NO2S/c1-10-6-11(9-16-14(10)18-2)15(17)7-12-4-3-5-13(8-15)19-12/h6,9,12-13,17H,3-5,7-8H2,1-2H3. The summed E-state index contributed by atoms with van der Waals surface area (Å²) in [6.07, 6.45) is 7.32. The molecule has 0 aliphatic carbocycles. The zero-order valence-electron chi connectivity index (χ0n) is 11.6. The lowest BCUT2D eigenvalue weighted by Gasteiger charge is -2.44. The molecule has 0 radical (unpaired) electrons. The van der Waals surface area contributed by atoms with Crippen molar-refractivity contribution in [2.45, 2.75) is 55.1 Å². The third kappa shape index (κ3) is 2.48. The minimum Gasteiger partial charge on any atom is -0.481 e. The maximum atomic E-state index is 11.0. The van der Waals surface area contributed by atoms with Crippen LogP contribution in [-0.4, -0.2) is 27.7 Å². The summed E-state index contributed by atoms with van der Waals surface area (Å²) in [6, 6.07) is 2.04. The van der Waals surface area contributed by atoms with Gasteiger partial charge in [0.1, 0.15) is 0 Å². The monoisotopic (exact) mass is 279 g/mol. The van der Waals surface area contributed by atoms with E-state index in [2.05, 4.69) is 16.7 Å². The van der Waals surface area contributed by atoms with Gasteiger partial charge in [0.05, 0.1) is 12.7 Å². The highest BCUT2D eigenvalue weighted by atomic mass is 32.2. The van der Waals surface area contributed by atoms with Crippen molar-refractivity contribution < 1.29 is 9.84 Å². The van der Waals surface area contributed by atoms with Gasteiger partial charge in [-0.25, -0.2) is 4.98 Å². The quantitative estimate of drug-likeness (QED) is 0.903. The molecule has 2 aliphatic rings. The van der Waals surface area contributed by atoms with Gasteiger partial charge in [-0.3, -0.25) is 0 Å². The number of thioether (sulfide) groups is 1. The highest BCUT2D eigenvalue weighted by Crippen LogP contribution is 2.49. The summed E-state index contributed by atoms with van der Waals surface area (Å²) in [5.74, 6) is 0.651. The Morgan fingerprint density at radius 1 is 1.37 bits per heavy atom. The van der Waals surface area contributed by atoms with E-state index in [9.17, 15) is 5.11 Å². The molecule has 19 heavy (non-hydrogen) atoms. The Morgan fingerprint density at radius 2 is 2.05 bits per heavy atom. The molecule has 0 saturated carbocycles. The van der Waals surface area contributed by atoms with Crippen LogP contribution in [0, 0.1) is 6.92 Å². The van der Waals surface area contributed by atoms with Gasteiger partial charge < -0.3 is 9.84 Å². The van der Waals surface area contributed by atoms with Crippen LogP contribution in [0.4, 0.5) is 0 Å². The number of hydrogen-bond donors (Lipinski definition) is 1. The fourth-order valence-electron chi connectivity index (χ4n) is 3.38. The smallest absolute Gasteiger partial charge is 0.215 e. The number of methoxy groups -OCH3 is 1. The maximum absolute atomic E-state index is 11.0. The fraction of sp³-hybridized carbons (Fsp3) is 0.667. The van der Waals surface area contributed by atoms with Crippen LogP contribution >= 0.6 is 11.8 Å². The number of pyridine rings is 1. The van der Waals surface area contributed by atoms with Gasteiger partial charge in [-0.2, -0.15) is 11.8 Å². The van der Waals surface area contributed by atoms with Gasteiger partial charge in [-0.15, -0.1) is 0 Å². The molecule has 0 aromatic carbocycles. The molecule has 2 saturated heterocycles. The molecular formula is C15H21NO2S. The summed E-state index contributed by atoms with van der Waals surface area (Å²) < 4.78 is 5.20. The fourth-order valence-corrected chi connectivity index (χ4v) is 5.28. The predicted octanol–water partition coefficient (Wildman–Crippen LogP) is 3.03. The molecule has 1 aromatic heterocycles. The Hall–Kier alpha value is -0.740. The summed E-state index contributed by atoms with van der Waals surface area (Å²) >= 11 is 2.08. The first-order valence-electron chi connectivity index (χ1n) is 7.00. The van der Waals surface area contributed by atoms with Crippen LogP contribution in [-0.2, 0) is 5.60 Å². The first-order valence-corrected chi connectivity index (χ1v) is 7.94. The van der Waals surface area contributed by atoms with E-state index in [-0.39, 0.29) is 0 Å². The Balaban J connectivity index is 1.89. The summed E-state index contributed by atoms with van der Waals surface area (Å²) in [7, 11) is 1.63. The average molecular weight is 279 g/mol. The summed E-state index contributed by atoms with van der Waals surface area (Å²) in [5, 5.41) is 12.3. The molecule has 0 amide bonds. The van der Waals surface area contributed by atoms with E-state index in [4.69, 9.17) is 4.74 Å². The Kier molecular flexibility index (Phi) is 3.48. The third-order valence-corrected chi connectivity index (χ3v) is 5.90. The molecule has 2 atom stereocenters. The minimum absolute atomic E-state index is 0.611.